The van der Waals surface area contributed by atoms with Crippen molar-refractivity contribution in [2.45, 2.75) is 6.42 Å². The number of amides is 2. The molecule has 2 heterocycles. The molecule has 0 aliphatic rings. The molecular formula is C18H18N4O2. The maximum Gasteiger partial charge on any atom is 0.338 e. The lowest BCUT2D eigenvalue weighted by atomic mass is 10.1. The fourth-order valence-corrected chi connectivity index (χ4v) is 2.60. The molecule has 122 valence electrons. The minimum atomic E-state index is -0.882. The second kappa shape index (κ2) is 6.97. The van der Waals surface area contributed by atoms with E-state index in [2.05, 4.69) is 11.1 Å². The monoisotopic (exact) mass is 322 g/mol. The molecule has 0 spiro atoms. The summed E-state index contributed by atoms with van der Waals surface area (Å²) in [4.78, 5) is 15.0. The van der Waals surface area contributed by atoms with Crippen molar-refractivity contribution >= 4 is 23.1 Å². The summed E-state index contributed by atoms with van der Waals surface area (Å²) >= 11 is 0. The predicted octanol–water partition coefficient (Wildman–Crippen LogP) is 2.87. The molecule has 0 fully saturated rings. The number of carbonyl (C=O) groups is 1. The van der Waals surface area contributed by atoms with E-state index in [1.807, 2.05) is 53.4 Å². The van der Waals surface area contributed by atoms with E-state index < -0.39 is 6.03 Å². The lowest BCUT2D eigenvalue weighted by Gasteiger charge is -2.09. The van der Waals surface area contributed by atoms with E-state index in [9.17, 15) is 10.0 Å². The number of pyridine rings is 1. The first-order valence-electron chi connectivity index (χ1n) is 7.55. The van der Waals surface area contributed by atoms with Gasteiger partial charge in [-0.05, 0) is 29.8 Å². The number of para-hydroxylation sites is 1. The van der Waals surface area contributed by atoms with Gasteiger partial charge >= 0.3 is 6.03 Å². The molecule has 0 saturated heterocycles. The van der Waals surface area contributed by atoms with Crippen LogP contribution < -0.4 is 5.73 Å². The van der Waals surface area contributed by atoms with Crippen molar-refractivity contribution < 1.29 is 10.0 Å². The summed E-state index contributed by atoms with van der Waals surface area (Å²) in [5, 5.41) is 10.9. The number of nitrogens with zero attached hydrogens (tertiary/aromatic N) is 3. The largest absolute Gasteiger partial charge is 0.350 e. The molecule has 1 aromatic carbocycles. The third kappa shape index (κ3) is 3.44. The summed E-state index contributed by atoms with van der Waals surface area (Å²) < 4.78 is 2.04. The molecule has 0 saturated carbocycles. The van der Waals surface area contributed by atoms with Gasteiger partial charge in [-0.3, -0.25) is 10.2 Å². The second-order valence-electron chi connectivity index (χ2n) is 5.41. The zero-order valence-corrected chi connectivity index (χ0v) is 13.0. The van der Waals surface area contributed by atoms with Gasteiger partial charge in [-0.1, -0.05) is 24.3 Å². The number of aromatic nitrogens is 2. The van der Waals surface area contributed by atoms with Crippen LogP contribution in [0.1, 0.15) is 11.3 Å². The Hall–Kier alpha value is -3.12. The van der Waals surface area contributed by atoms with Gasteiger partial charge in [0.15, 0.2) is 0 Å². The smallest absolute Gasteiger partial charge is 0.338 e. The first kappa shape index (κ1) is 15.8. The normalized spacial score (nSPS) is 11.2. The van der Waals surface area contributed by atoms with Crippen molar-refractivity contribution in [3.8, 4) is 0 Å². The SMILES string of the molecule is NC(=O)N(O)C/C=C/n1c(Cc2cccnc2)cc2ccccc21. The van der Waals surface area contributed by atoms with Crippen LogP contribution in [-0.4, -0.2) is 32.4 Å². The van der Waals surface area contributed by atoms with E-state index in [1.165, 1.54) is 0 Å². The molecular weight excluding hydrogens is 304 g/mol. The average molecular weight is 322 g/mol. The maximum atomic E-state index is 10.9. The Balaban J connectivity index is 1.93. The molecule has 6 heteroatoms. The lowest BCUT2D eigenvalue weighted by molar-refractivity contribution is -0.0286. The number of rotatable bonds is 5. The van der Waals surface area contributed by atoms with Gasteiger partial charge in [0.2, 0.25) is 0 Å². The number of fused-ring (bicyclic) bond motifs is 1. The highest BCUT2D eigenvalue weighted by Crippen LogP contribution is 2.22. The summed E-state index contributed by atoms with van der Waals surface area (Å²) in [7, 11) is 0. The topological polar surface area (TPSA) is 84.4 Å². The van der Waals surface area contributed by atoms with Crippen LogP contribution in [-0.2, 0) is 6.42 Å². The highest BCUT2D eigenvalue weighted by atomic mass is 16.5. The van der Waals surface area contributed by atoms with E-state index >= 15 is 0 Å². The maximum absolute atomic E-state index is 10.9. The minimum absolute atomic E-state index is 0.0220. The molecule has 0 unspecified atom stereocenters. The van der Waals surface area contributed by atoms with Gasteiger partial charge in [0.05, 0.1) is 12.1 Å². The molecule has 3 rings (SSSR count). The molecule has 2 aromatic heterocycles. The Bertz CT molecular complexity index is 871. The van der Waals surface area contributed by atoms with Crippen molar-refractivity contribution in [2.75, 3.05) is 6.54 Å². The van der Waals surface area contributed by atoms with E-state index in [4.69, 9.17) is 5.73 Å². The van der Waals surface area contributed by atoms with Gasteiger partial charge in [0, 0.05) is 36.1 Å². The fourth-order valence-electron chi connectivity index (χ4n) is 2.60. The summed E-state index contributed by atoms with van der Waals surface area (Å²) in [5.74, 6) is 0. The number of hydrogen-bond acceptors (Lipinski definition) is 3. The van der Waals surface area contributed by atoms with Gasteiger partial charge in [0.1, 0.15) is 0 Å². The summed E-state index contributed by atoms with van der Waals surface area (Å²) in [6.45, 7) is 0.0220. The van der Waals surface area contributed by atoms with Crippen molar-refractivity contribution in [1.82, 2.24) is 14.6 Å². The first-order valence-corrected chi connectivity index (χ1v) is 7.55. The van der Waals surface area contributed by atoms with Crippen LogP contribution in [0.4, 0.5) is 4.79 Å². The number of nitrogens with two attached hydrogens (primary N) is 1. The van der Waals surface area contributed by atoms with Crippen molar-refractivity contribution in [3.63, 3.8) is 0 Å². The number of hydroxylamine groups is 2. The number of hydrogen-bond donors (Lipinski definition) is 2. The molecule has 2 amide bonds. The van der Waals surface area contributed by atoms with Crippen LogP contribution >= 0.6 is 0 Å². The fraction of sp³-hybridized carbons (Fsp3) is 0.111. The van der Waals surface area contributed by atoms with Gasteiger partial charge in [-0.25, -0.2) is 9.86 Å². The Morgan fingerprint density at radius 1 is 1.29 bits per heavy atom. The molecule has 6 nitrogen and oxygen atoms in total. The average Bonchev–Trinajstić information content (AvgIpc) is 2.93. The Kier molecular flexibility index (Phi) is 4.58. The van der Waals surface area contributed by atoms with E-state index in [0.717, 1.165) is 28.6 Å². The number of carbonyl (C=O) groups excluding carboxylic acids is 1. The van der Waals surface area contributed by atoms with Crippen LogP contribution in [0.15, 0.2) is 60.9 Å². The second-order valence-corrected chi connectivity index (χ2v) is 5.41. The van der Waals surface area contributed by atoms with Crippen LogP contribution in [0.2, 0.25) is 0 Å². The minimum Gasteiger partial charge on any atom is -0.350 e. The molecule has 0 atom stereocenters. The van der Waals surface area contributed by atoms with Crippen LogP contribution in [0.5, 0.6) is 0 Å². The number of primary amides is 1. The molecule has 0 radical (unpaired) electrons. The van der Waals surface area contributed by atoms with Crippen molar-refractivity contribution in [1.29, 1.82) is 0 Å². The van der Waals surface area contributed by atoms with Crippen LogP contribution in [0.25, 0.3) is 17.1 Å². The zero-order chi connectivity index (χ0) is 16.9. The Morgan fingerprint density at radius 3 is 2.88 bits per heavy atom. The van der Waals surface area contributed by atoms with Crippen molar-refractivity contribution in [2.24, 2.45) is 5.73 Å². The number of urea groups is 1. The zero-order valence-electron chi connectivity index (χ0n) is 13.0. The molecule has 3 N–H and O–H groups in total. The van der Waals surface area contributed by atoms with Gasteiger partial charge in [-0.2, -0.15) is 0 Å². The van der Waals surface area contributed by atoms with Crippen LogP contribution in [0, 0.1) is 0 Å². The highest BCUT2D eigenvalue weighted by Gasteiger charge is 2.08. The van der Waals surface area contributed by atoms with Crippen LogP contribution in [0.3, 0.4) is 0 Å². The Labute approximate surface area is 139 Å². The quantitative estimate of drug-likeness (QED) is 0.559. The lowest BCUT2D eigenvalue weighted by Crippen LogP contribution is -2.32. The summed E-state index contributed by atoms with van der Waals surface area (Å²) in [5.41, 5.74) is 8.25. The van der Waals surface area contributed by atoms with Gasteiger partial charge < -0.3 is 10.3 Å². The van der Waals surface area contributed by atoms with Gasteiger partial charge in [0.25, 0.3) is 0 Å². The molecule has 24 heavy (non-hydrogen) atoms. The van der Waals surface area contributed by atoms with Gasteiger partial charge in [-0.15, -0.1) is 0 Å². The number of benzene rings is 1. The standard InChI is InChI=1S/C18H18N4O2/c19-18(23)22(24)10-4-9-21-16(11-14-5-3-8-20-13-14)12-15-6-1-2-7-17(15)21/h1-9,12-13,24H,10-11H2,(H2,19,23)/b9-4+. The predicted molar refractivity (Wildman–Crippen MR) is 92.4 cm³/mol. The van der Waals surface area contributed by atoms with E-state index in [1.54, 1.807) is 12.3 Å². The highest BCUT2D eigenvalue weighted by molar-refractivity contribution is 5.83. The molecule has 0 aliphatic heterocycles. The third-order valence-electron chi connectivity index (χ3n) is 3.72. The van der Waals surface area contributed by atoms with Crippen molar-refractivity contribution in [3.05, 3.63) is 72.2 Å². The molecule has 0 aliphatic carbocycles. The first-order chi connectivity index (χ1) is 11.6. The Morgan fingerprint density at radius 2 is 2.12 bits per heavy atom. The summed E-state index contributed by atoms with van der Waals surface area (Å²) in [6, 6.07) is 13.2. The van der Waals surface area contributed by atoms with E-state index in [0.29, 0.717) is 5.06 Å². The van der Waals surface area contributed by atoms with E-state index in [-0.39, 0.29) is 6.54 Å². The third-order valence-corrected chi connectivity index (χ3v) is 3.72. The molecule has 3 aromatic rings. The molecule has 0 bridgehead atoms. The summed E-state index contributed by atoms with van der Waals surface area (Å²) in [6.07, 6.45) is 7.84.